The van der Waals surface area contributed by atoms with Crippen molar-refractivity contribution < 1.29 is 13.9 Å². The minimum atomic E-state index is -0.292. The number of aromatic nitrogens is 2. The fourth-order valence-corrected chi connectivity index (χ4v) is 2.36. The standard InChI is InChI=1S/C12H14BrN3O3/c1-7-4-5-8(19-7)6-14-11(17)10-9(13)12(18-3)16(2)15-10/h4-5H,6H2,1-3H3,(H,14,17). The van der Waals surface area contributed by atoms with E-state index in [1.165, 1.54) is 11.8 Å². The highest BCUT2D eigenvalue weighted by Crippen LogP contribution is 2.27. The van der Waals surface area contributed by atoms with E-state index in [1.54, 1.807) is 7.05 Å². The molecule has 2 heterocycles. The summed E-state index contributed by atoms with van der Waals surface area (Å²) in [4.78, 5) is 12.0. The van der Waals surface area contributed by atoms with Crippen molar-refractivity contribution in [3.05, 3.63) is 33.8 Å². The van der Waals surface area contributed by atoms with Crippen molar-refractivity contribution in [1.82, 2.24) is 15.1 Å². The Morgan fingerprint density at radius 2 is 2.32 bits per heavy atom. The maximum Gasteiger partial charge on any atom is 0.273 e. The lowest BCUT2D eigenvalue weighted by Crippen LogP contribution is -2.23. The van der Waals surface area contributed by atoms with Crippen LogP contribution in [0.4, 0.5) is 0 Å². The molecule has 0 fully saturated rings. The number of amides is 1. The molecule has 0 aliphatic carbocycles. The number of aryl methyl sites for hydroxylation is 2. The lowest BCUT2D eigenvalue weighted by molar-refractivity contribution is 0.0941. The molecular formula is C12H14BrN3O3. The van der Waals surface area contributed by atoms with Crippen LogP contribution in [-0.2, 0) is 13.6 Å². The van der Waals surface area contributed by atoms with Crippen LogP contribution in [-0.4, -0.2) is 22.8 Å². The van der Waals surface area contributed by atoms with Crippen molar-refractivity contribution in [2.45, 2.75) is 13.5 Å². The average Bonchev–Trinajstić information content (AvgIpc) is 2.90. The number of nitrogens with one attached hydrogen (secondary N) is 1. The van der Waals surface area contributed by atoms with Crippen LogP contribution >= 0.6 is 15.9 Å². The van der Waals surface area contributed by atoms with E-state index in [0.717, 1.165) is 5.76 Å². The summed E-state index contributed by atoms with van der Waals surface area (Å²) in [5.74, 6) is 1.72. The number of hydrogen-bond acceptors (Lipinski definition) is 4. The zero-order valence-corrected chi connectivity index (χ0v) is 12.4. The van der Waals surface area contributed by atoms with Crippen LogP contribution in [0.25, 0.3) is 0 Å². The minimum Gasteiger partial charge on any atom is -0.480 e. The maximum absolute atomic E-state index is 12.0. The second kappa shape index (κ2) is 5.48. The van der Waals surface area contributed by atoms with Crippen molar-refractivity contribution in [3.8, 4) is 5.88 Å². The predicted octanol–water partition coefficient (Wildman–Crippen LogP) is 2.02. The van der Waals surface area contributed by atoms with Gasteiger partial charge in [-0.05, 0) is 35.0 Å². The number of ether oxygens (including phenoxy) is 1. The van der Waals surface area contributed by atoms with Crippen molar-refractivity contribution in [3.63, 3.8) is 0 Å². The zero-order valence-electron chi connectivity index (χ0n) is 10.9. The van der Waals surface area contributed by atoms with E-state index in [1.807, 2.05) is 19.1 Å². The Hall–Kier alpha value is -1.76. The molecule has 1 N–H and O–H groups in total. The second-order valence-corrected chi connectivity index (χ2v) is 4.78. The number of carbonyl (C=O) groups is 1. The molecule has 0 saturated carbocycles. The molecule has 19 heavy (non-hydrogen) atoms. The second-order valence-electron chi connectivity index (χ2n) is 3.99. The normalized spacial score (nSPS) is 10.5. The first kappa shape index (κ1) is 13.7. The van der Waals surface area contributed by atoms with Gasteiger partial charge in [-0.15, -0.1) is 0 Å². The van der Waals surface area contributed by atoms with E-state index in [-0.39, 0.29) is 11.6 Å². The first-order chi connectivity index (χ1) is 9.02. The molecule has 2 rings (SSSR count). The van der Waals surface area contributed by atoms with E-state index in [9.17, 15) is 4.79 Å². The van der Waals surface area contributed by atoms with Gasteiger partial charge in [-0.2, -0.15) is 5.10 Å². The van der Waals surface area contributed by atoms with Gasteiger partial charge in [-0.3, -0.25) is 4.79 Å². The molecule has 2 aromatic heterocycles. The summed E-state index contributed by atoms with van der Waals surface area (Å²) in [5, 5.41) is 6.84. The Morgan fingerprint density at radius 3 is 2.84 bits per heavy atom. The molecule has 0 atom stereocenters. The number of halogens is 1. The van der Waals surface area contributed by atoms with Crippen LogP contribution in [0.15, 0.2) is 21.0 Å². The highest BCUT2D eigenvalue weighted by atomic mass is 79.9. The van der Waals surface area contributed by atoms with Crippen molar-refractivity contribution >= 4 is 21.8 Å². The van der Waals surface area contributed by atoms with Gasteiger partial charge >= 0.3 is 0 Å². The molecule has 0 saturated heterocycles. The highest BCUT2D eigenvalue weighted by Gasteiger charge is 2.20. The predicted molar refractivity (Wildman–Crippen MR) is 72.1 cm³/mol. The minimum absolute atomic E-state index is 0.280. The van der Waals surface area contributed by atoms with Gasteiger partial charge in [0.1, 0.15) is 16.0 Å². The van der Waals surface area contributed by atoms with E-state index < -0.39 is 0 Å². The molecule has 0 radical (unpaired) electrons. The van der Waals surface area contributed by atoms with Crippen LogP contribution < -0.4 is 10.1 Å². The van der Waals surface area contributed by atoms with Crippen LogP contribution in [0.5, 0.6) is 5.88 Å². The van der Waals surface area contributed by atoms with Gasteiger partial charge < -0.3 is 14.5 Å². The van der Waals surface area contributed by atoms with Crippen LogP contribution in [0.1, 0.15) is 22.0 Å². The molecule has 6 nitrogen and oxygen atoms in total. The average molecular weight is 328 g/mol. The molecule has 0 aliphatic heterocycles. The summed E-state index contributed by atoms with van der Waals surface area (Å²) in [6, 6.07) is 3.67. The van der Waals surface area contributed by atoms with E-state index in [4.69, 9.17) is 9.15 Å². The molecule has 0 spiro atoms. The summed E-state index contributed by atoms with van der Waals surface area (Å²) in [5.41, 5.74) is 0.280. The van der Waals surface area contributed by atoms with Crippen LogP contribution in [0, 0.1) is 6.92 Å². The third kappa shape index (κ3) is 2.81. The molecule has 102 valence electrons. The first-order valence-corrected chi connectivity index (χ1v) is 6.42. The summed E-state index contributed by atoms with van der Waals surface area (Å²) >= 11 is 3.30. The molecule has 1 amide bonds. The number of hydrogen-bond donors (Lipinski definition) is 1. The van der Waals surface area contributed by atoms with Gasteiger partial charge in [0.2, 0.25) is 5.88 Å². The monoisotopic (exact) mass is 327 g/mol. The molecular weight excluding hydrogens is 314 g/mol. The molecule has 7 heteroatoms. The Bertz CT molecular complexity index is 603. The van der Waals surface area contributed by atoms with Crippen molar-refractivity contribution in [2.24, 2.45) is 7.05 Å². The van der Waals surface area contributed by atoms with Crippen LogP contribution in [0.2, 0.25) is 0 Å². The van der Waals surface area contributed by atoms with Gasteiger partial charge in [0, 0.05) is 7.05 Å². The molecule has 0 aliphatic rings. The number of carbonyl (C=O) groups excluding carboxylic acids is 1. The number of rotatable bonds is 4. The van der Waals surface area contributed by atoms with Gasteiger partial charge in [0.05, 0.1) is 13.7 Å². The molecule has 0 bridgehead atoms. The number of nitrogens with zero attached hydrogens (tertiary/aromatic N) is 2. The Morgan fingerprint density at radius 1 is 1.58 bits per heavy atom. The van der Waals surface area contributed by atoms with Gasteiger partial charge in [-0.1, -0.05) is 0 Å². The summed E-state index contributed by atoms with van der Waals surface area (Å²) in [6.07, 6.45) is 0. The van der Waals surface area contributed by atoms with Gasteiger partial charge in [0.25, 0.3) is 5.91 Å². The van der Waals surface area contributed by atoms with Crippen LogP contribution in [0.3, 0.4) is 0 Å². The van der Waals surface area contributed by atoms with Crippen molar-refractivity contribution in [1.29, 1.82) is 0 Å². The SMILES string of the molecule is COc1c(Br)c(C(=O)NCc2ccc(C)o2)nn1C. The Kier molecular flexibility index (Phi) is 3.94. The van der Waals surface area contributed by atoms with E-state index in [2.05, 4.69) is 26.3 Å². The smallest absolute Gasteiger partial charge is 0.273 e. The fourth-order valence-electron chi connectivity index (χ4n) is 1.68. The summed E-state index contributed by atoms with van der Waals surface area (Å²) in [7, 11) is 3.23. The third-order valence-corrected chi connectivity index (χ3v) is 3.28. The summed E-state index contributed by atoms with van der Waals surface area (Å²) < 4.78 is 12.5. The van der Waals surface area contributed by atoms with E-state index >= 15 is 0 Å². The zero-order chi connectivity index (χ0) is 14.0. The molecule has 2 aromatic rings. The van der Waals surface area contributed by atoms with Gasteiger partial charge in [-0.25, -0.2) is 4.68 Å². The summed E-state index contributed by atoms with van der Waals surface area (Å²) in [6.45, 7) is 2.17. The number of furan rings is 1. The third-order valence-electron chi connectivity index (χ3n) is 2.57. The largest absolute Gasteiger partial charge is 0.480 e. The lowest BCUT2D eigenvalue weighted by Gasteiger charge is -2.01. The number of methoxy groups -OCH3 is 1. The lowest BCUT2D eigenvalue weighted by atomic mass is 10.3. The topological polar surface area (TPSA) is 69.3 Å². The molecule has 0 unspecified atom stereocenters. The Balaban J connectivity index is 2.08. The first-order valence-electron chi connectivity index (χ1n) is 5.63. The quantitative estimate of drug-likeness (QED) is 0.932. The Labute approximate surface area is 118 Å². The molecule has 0 aromatic carbocycles. The van der Waals surface area contributed by atoms with Crippen molar-refractivity contribution in [2.75, 3.05) is 7.11 Å². The fraction of sp³-hybridized carbons (Fsp3) is 0.333. The maximum atomic E-state index is 12.0. The van der Waals surface area contributed by atoms with Gasteiger partial charge in [0.15, 0.2) is 5.69 Å². The highest BCUT2D eigenvalue weighted by molar-refractivity contribution is 9.10. The van der Waals surface area contributed by atoms with E-state index in [0.29, 0.717) is 22.7 Å².